The number of aromatic nitrogens is 1. The maximum Gasteiger partial charge on any atom is 0.144 e. The normalized spacial score (nSPS) is 11.8. The number of benzene rings is 3. The molecule has 6 aromatic rings. The topological polar surface area (TPSA) is 26.0 Å². The summed E-state index contributed by atoms with van der Waals surface area (Å²) in [5, 5.41) is 4.77. The van der Waals surface area contributed by atoms with Crippen LogP contribution in [0.1, 0.15) is 0 Å². The van der Waals surface area contributed by atoms with Crippen LogP contribution in [0.4, 0.5) is 0 Å². The summed E-state index contributed by atoms with van der Waals surface area (Å²) >= 11 is 1.81. The molecule has 2 nitrogen and oxygen atoms in total. The number of hydrogen-bond donors (Lipinski definition) is 0. The minimum Gasteiger partial charge on any atom is -0.455 e. The zero-order chi connectivity index (χ0) is 17.1. The van der Waals surface area contributed by atoms with Crippen molar-refractivity contribution in [3.8, 4) is 11.3 Å². The Morgan fingerprint density at radius 3 is 2.46 bits per heavy atom. The highest BCUT2D eigenvalue weighted by Gasteiger charge is 2.14. The van der Waals surface area contributed by atoms with Gasteiger partial charge in [0.15, 0.2) is 0 Å². The van der Waals surface area contributed by atoms with Crippen LogP contribution in [0.3, 0.4) is 0 Å². The van der Waals surface area contributed by atoms with E-state index in [0.29, 0.717) is 0 Å². The van der Waals surface area contributed by atoms with Crippen LogP contribution < -0.4 is 0 Å². The molecule has 0 aliphatic rings. The molecule has 0 bridgehead atoms. The zero-order valence-electron chi connectivity index (χ0n) is 13.8. The first-order valence-electron chi connectivity index (χ1n) is 8.56. The average molecular weight is 351 g/mol. The smallest absolute Gasteiger partial charge is 0.144 e. The molecule has 3 heteroatoms. The minimum atomic E-state index is 0.904. The number of hydrogen-bond acceptors (Lipinski definition) is 3. The Morgan fingerprint density at radius 1 is 0.692 bits per heavy atom. The summed E-state index contributed by atoms with van der Waals surface area (Å²) < 4.78 is 8.72. The zero-order valence-corrected chi connectivity index (χ0v) is 14.6. The monoisotopic (exact) mass is 351 g/mol. The van der Waals surface area contributed by atoms with Gasteiger partial charge in [-0.05, 0) is 24.3 Å². The molecule has 122 valence electrons. The second-order valence-electron chi connectivity index (χ2n) is 6.44. The number of para-hydroxylation sites is 2. The van der Waals surface area contributed by atoms with Crippen molar-refractivity contribution in [2.24, 2.45) is 0 Å². The van der Waals surface area contributed by atoms with Crippen molar-refractivity contribution in [1.82, 2.24) is 4.98 Å². The van der Waals surface area contributed by atoms with Crippen molar-refractivity contribution in [3.05, 3.63) is 79.0 Å². The van der Waals surface area contributed by atoms with Crippen LogP contribution in [0, 0.1) is 0 Å². The largest absolute Gasteiger partial charge is 0.455 e. The van der Waals surface area contributed by atoms with Crippen molar-refractivity contribution >= 4 is 53.4 Å². The molecular formula is C23H13NOS. The second-order valence-corrected chi connectivity index (χ2v) is 7.53. The van der Waals surface area contributed by atoms with Gasteiger partial charge in [0.05, 0.1) is 5.69 Å². The maximum absolute atomic E-state index is 6.17. The van der Waals surface area contributed by atoms with Crippen molar-refractivity contribution in [1.29, 1.82) is 0 Å². The molecule has 0 fully saturated rings. The second kappa shape index (κ2) is 5.16. The molecule has 0 aliphatic carbocycles. The van der Waals surface area contributed by atoms with Crippen LogP contribution in [-0.4, -0.2) is 4.98 Å². The lowest BCUT2D eigenvalue weighted by Crippen LogP contribution is -1.83. The first kappa shape index (κ1) is 14.0. The summed E-state index contributed by atoms with van der Waals surface area (Å²) in [6.45, 7) is 0. The Balaban J connectivity index is 1.66. The molecule has 26 heavy (non-hydrogen) atoms. The van der Waals surface area contributed by atoms with Crippen LogP contribution in [-0.2, 0) is 0 Å². The van der Waals surface area contributed by atoms with E-state index in [9.17, 15) is 0 Å². The molecule has 3 aromatic heterocycles. The highest BCUT2D eigenvalue weighted by atomic mass is 32.1. The number of pyridine rings is 1. The molecule has 0 unspecified atom stereocenters. The molecule has 3 heterocycles. The third-order valence-electron chi connectivity index (χ3n) is 4.94. The summed E-state index contributed by atoms with van der Waals surface area (Å²) in [7, 11) is 0. The van der Waals surface area contributed by atoms with Crippen LogP contribution in [0.25, 0.3) is 53.4 Å². The van der Waals surface area contributed by atoms with E-state index in [2.05, 4.69) is 54.6 Å². The molecule has 0 atom stereocenters. The molecule has 0 aliphatic heterocycles. The SMILES string of the molecule is c1ccc2c(c1)oc1c(-c3cc4sc5ccccc5c4cn3)cccc12. The van der Waals surface area contributed by atoms with Crippen molar-refractivity contribution in [2.75, 3.05) is 0 Å². The molecular weight excluding hydrogens is 338 g/mol. The molecule has 3 aromatic carbocycles. The van der Waals surface area contributed by atoms with E-state index in [1.54, 1.807) is 0 Å². The number of furan rings is 1. The Bertz CT molecular complexity index is 1440. The van der Waals surface area contributed by atoms with Crippen LogP contribution in [0.15, 0.2) is 83.4 Å². The number of thiophene rings is 1. The summed E-state index contributed by atoms with van der Waals surface area (Å²) in [6.07, 6.45) is 1.99. The molecule has 6 rings (SSSR count). The number of rotatable bonds is 1. The predicted molar refractivity (Wildman–Crippen MR) is 110 cm³/mol. The lowest BCUT2D eigenvalue weighted by molar-refractivity contribution is 0.670. The van der Waals surface area contributed by atoms with E-state index in [-0.39, 0.29) is 0 Å². The third-order valence-corrected chi connectivity index (χ3v) is 6.08. The highest BCUT2D eigenvalue weighted by molar-refractivity contribution is 7.25. The first-order chi connectivity index (χ1) is 12.9. The lowest BCUT2D eigenvalue weighted by atomic mass is 10.1. The van der Waals surface area contributed by atoms with Gasteiger partial charge in [-0.15, -0.1) is 11.3 Å². The van der Waals surface area contributed by atoms with Crippen LogP contribution >= 0.6 is 11.3 Å². The van der Waals surface area contributed by atoms with Crippen LogP contribution in [0.2, 0.25) is 0 Å². The Labute approximate surface area is 153 Å². The van der Waals surface area contributed by atoms with Crippen molar-refractivity contribution < 1.29 is 4.42 Å². The van der Waals surface area contributed by atoms with Gasteiger partial charge in [0.2, 0.25) is 0 Å². The summed E-state index contributed by atoms with van der Waals surface area (Å²) in [6, 6.07) is 25.1. The van der Waals surface area contributed by atoms with E-state index >= 15 is 0 Å². The van der Waals surface area contributed by atoms with Gasteiger partial charge in [-0.25, -0.2) is 0 Å². The van der Waals surface area contributed by atoms with Gasteiger partial charge in [0.1, 0.15) is 11.2 Å². The molecule has 0 saturated heterocycles. The number of nitrogens with zero attached hydrogens (tertiary/aromatic N) is 1. The standard InChI is InChI=1S/C23H13NOS/c1-3-10-20-14(6-1)16-8-5-9-17(23(16)25-20)19-12-22-18(13-24-19)15-7-2-4-11-21(15)26-22/h1-13H. The Hall–Kier alpha value is -3.17. The van der Waals surface area contributed by atoms with Gasteiger partial charge in [-0.3, -0.25) is 4.98 Å². The van der Waals surface area contributed by atoms with E-state index < -0.39 is 0 Å². The fourth-order valence-corrected chi connectivity index (χ4v) is 4.83. The predicted octanol–water partition coefficient (Wildman–Crippen LogP) is 7.02. The van der Waals surface area contributed by atoms with Crippen molar-refractivity contribution in [3.63, 3.8) is 0 Å². The van der Waals surface area contributed by atoms with E-state index in [0.717, 1.165) is 33.2 Å². The van der Waals surface area contributed by atoms with Gasteiger partial charge in [0.25, 0.3) is 0 Å². The fourth-order valence-electron chi connectivity index (χ4n) is 3.72. The molecule has 0 saturated carbocycles. The van der Waals surface area contributed by atoms with E-state index in [4.69, 9.17) is 9.40 Å². The fraction of sp³-hybridized carbons (Fsp3) is 0. The quantitative estimate of drug-likeness (QED) is 0.318. The molecule has 0 spiro atoms. The van der Waals surface area contributed by atoms with E-state index in [1.807, 2.05) is 35.7 Å². The van der Waals surface area contributed by atoms with Gasteiger partial charge in [0, 0.05) is 42.7 Å². The van der Waals surface area contributed by atoms with Gasteiger partial charge >= 0.3 is 0 Å². The average Bonchev–Trinajstić information content (AvgIpc) is 3.25. The Kier molecular flexibility index (Phi) is 2.79. The molecule has 0 N–H and O–H groups in total. The Morgan fingerprint density at radius 2 is 1.50 bits per heavy atom. The summed E-state index contributed by atoms with van der Waals surface area (Å²) in [5.74, 6) is 0. The first-order valence-corrected chi connectivity index (χ1v) is 9.38. The summed E-state index contributed by atoms with van der Waals surface area (Å²) in [5.41, 5.74) is 3.81. The third kappa shape index (κ3) is 1.89. The van der Waals surface area contributed by atoms with E-state index in [1.165, 1.54) is 20.2 Å². The minimum absolute atomic E-state index is 0.904. The molecule has 0 amide bonds. The van der Waals surface area contributed by atoms with Gasteiger partial charge < -0.3 is 4.42 Å². The lowest BCUT2D eigenvalue weighted by Gasteiger charge is -2.02. The maximum atomic E-state index is 6.17. The molecule has 0 radical (unpaired) electrons. The number of fused-ring (bicyclic) bond motifs is 6. The van der Waals surface area contributed by atoms with Crippen molar-refractivity contribution in [2.45, 2.75) is 0 Å². The van der Waals surface area contributed by atoms with Gasteiger partial charge in [-0.1, -0.05) is 48.5 Å². The highest BCUT2D eigenvalue weighted by Crippen LogP contribution is 2.38. The van der Waals surface area contributed by atoms with Gasteiger partial charge in [-0.2, -0.15) is 0 Å². The van der Waals surface area contributed by atoms with Crippen LogP contribution in [0.5, 0.6) is 0 Å². The summed E-state index contributed by atoms with van der Waals surface area (Å²) in [4.78, 5) is 4.77.